The number of benzene rings is 1. The Bertz CT molecular complexity index is 1000. The number of aryl methyl sites for hydroxylation is 1. The highest BCUT2D eigenvalue weighted by Crippen LogP contribution is 2.50. The molecule has 0 bridgehead atoms. The van der Waals surface area contributed by atoms with E-state index in [0.717, 1.165) is 43.9 Å². The van der Waals surface area contributed by atoms with Crippen LogP contribution in [0, 0.1) is 17.8 Å². The Morgan fingerprint density at radius 2 is 1.76 bits per heavy atom. The van der Waals surface area contributed by atoms with Gasteiger partial charge in [0.1, 0.15) is 0 Å². The van der Waals surface area contributed by atoms with Crippen LogP contribution in [0.3, 0.4) is 0 Å². The fraction of sp³-hybridized carbons (Fsp3) is 0.600. The third kappa shape index (κ3) is 6.11. The molecule has 2 aliphatic rings. The second kappa shape index (κ2) is 10.5. The molecule has 7 nitrogen and oxygen atoms in total. The summed E-state index contributed by atoms with van der Waals surface area (Å²) in [5.41, 5.74) is 2.15. The Hall–Kier alpha value is -2.03. The first-order valence-electron chi connectivity index (χ1n) is 11.8. The van der Waals surface area contributed by atoms with E-state index in [0.29, 0.717) is 35.9 Å². The standard InChI is InChI=1S/C25H35N3O4S/c1-4-18-14-26-25(27-15-18)28-11-9-20(10-12-28)22-13-23(22)24(17-31-2)32-16-19-5-7-21(8-6-19)33(3,29)30/h5-8,14-15,20,22-24H,4,9-13,16-17H2,1-3H3/t22?,23?,24-/m0/s1. The first-order valence-corrected chi connectivity index (χ1v) is 13.7. The molecule has 8 heteroatoms. The van der Waals surface area contributed by atoms with E-state index in [1.165, 1.54) is 18.2 Å². The maximum atomic E-state index is 11.6. The monoisotopic (exact) mass is 473 g/mol. The molecule has 4 rings (SSSR count). The molecular formula is C25H35N3O4S. The molecule has 2 unspecified atom stereocenters. The summed E-state index contributed by atoms with van der Waals surface area (Å²) in [6, 6.07) is 6.95. The summed E-state index contributed by atoms with van der Waals surface area (Å²) in [6.07, 6.45) is 9.63. The number of rotatable bonds is 10. The lowest BCUT2D eigenvalue weighted by Gasteiger charge is -2.32. The predicted octanol–water partition coefficient (Wildman–Crippen LogP) is 3.53. The maximum Gasteiger partial charge on any atom is 0.225 e. The number of ether oxygens (including phenoxy) is 2. The van der Waals surface area contributed by atoms with Gasteiger partial charge in [-0.05, 0) is 66.7 Å². The molecule has 1 aliphatic carbocycles. The van der Waals surface area contributed by atoms with Crippen LogP contribution in [0.1, 0.15) is 37.3 Å². The first-order chi connectivity index (χ1) is 15.9. The zero-order chi connectivity index (χ0) is 23.4. The normalized spacial score (nSPS) is 22.3. The molecule has 1 aromatic heterocycles. The van der Waals surface area contributed by atoms with Gasteiger partial charge in [-0.15, -0.1) is 0 Å². The lowest BCUT2D eigenvalue weighted by atomic mass is 9.90. The van der Waals surface area contributed by atoms with Gasteiger partial charge in [0, 0.05) is 38.8 Å². The quantitative estimate of drug-likeness (QED) is 0.522. The topological polar surface area (TPSA) is 81.6 Å². The van der Waals surface area contributed by atoms with Crippen LogP contribution in [0.5, 0.6) is 0 Å². The largest absolute Gasteiger partial charge is 0.382 e. The second-order valence-electron chi connectivity index (χ2n) is 9.35. The van der Waals surface area contributed by atoms with Crippen LogP contribution in [0.15, 0.2) is 41.6 Å². The smallest absolute Gasteiger partial charge is 0.225 e. The molecule has 33 heavy (non-hydrogen) atoms. The van der Waals surface area contributed by atoms with Gasteiger partial charge in [-0.1, -0.05) is 19.1 Å². The molecule has 0 amide bonds. The number of nitrogens with zero attached hydrogens (tertiary/aromatic N) is 3. The number of sulfone groups is 1. The minimum atomic E-state index is -3.18. The highest BCUT2D eigenvalue weighted by atomic mass is 32.2. The van der Waals surface area contributed by atoms with E-state index in [2.05, 4.69) is 21.8 Å². The average Bonchev–Trinajstić information content (AvgIpc) is 3.62. The van der Waals surface area contributed by atoms with E-state index in [1.54, 1.807) is 19.2 Å². The average molecular weight is 474 g/mol. The molecule has 0 spiro atoms. The van der Waals surface area contributed by atoms with Gasteiger partial charge in [-0.3, -0.25) is 0 Å². The van der Waals surface area contributed by atoms with Crippen LogP contribution < -0.4 is 4.90 Å². The van der Waals surface area contributed by atoms with Gasteiger partial charge in [0.25, 0.3) is 0 Å². The summed E-state index contributed by atoms with van der Waals surface area (Å²) in [6.45, 7) is 5.17. The third-order valence-electron chi connectivity index (χ3n) is 7.04. The molecule has 1 saturated carbocycles. The molecule has 0 N–H and O–H groups in total. The summed E-state index contributed by atoms with van der Waals surface area (Å²) in [5.74, 6) is 2.76. The van der Waals surface area contributed by atoms with Gasteiger partial charge in [-0.25, -0.2) is 18.4 Å². The number of hydrogen-bond acceptors (Lipinski definition) is 7. The van der Waals surface area contributed by atoms with Crippen molar-refractivity contribution < 1.29 is 17.9 Å². The molecule has 1 saturated heterocycles. The minimum absolute atomic E-state index is 0.0672. The Morgan fingerprint density at radius 1 is 1.09 bits per heavy atom. The molecule has 2 aromatic rings. The van der Waals surface area contributed by atoms with Crippen LogP contribution in [-0.4, -0.2) is 57.6 Å². The van der Waals surface area contributed by atoms with E-state index in [1.807, 2.05) is 24.5 Å². The summed E-state index contributed by atoms with van der Waals surface area (Å²) in [4.78, 5) is 11.7. The number of anilines is 1. The fourth-order valence-electron chi connectivity index (χ4n) is 4.92. The summed E-state index contributed by atoms with van der Waals surface area (Å²) in [5, 5.41) is 0. The Labute approximate surface area is 197 Å². The van der Waals surface area contributed by atoms with Crippen molar-refractivity contribution in [2.75, 3.05) is 38.0 Å². The molecule has 0 radical (unpaired) electrons. The van der Waals surface area contributed by atoms with Crippen LogP contribution in [0.4, 0.5) is 5.95 Å². The molecule has 2 heterocycles. The van der Waals surface area contributed by atoms with Crippen molar-refractivity contribution >= 4 is 15.8 Å². The number of methoxy groups -OCH3 is 1. The minimum Gasteiger partial charge on any atom is -0.382 e. The maximum absolute atomic E-state index is 11.6. The molecule has 180 valence electrons. The molecule has 1 aromatic carbocycles. The molecule has 3 atom stereocenters. The van der Waals surface area contributed by atoms with Crippen LogP contribution in [0.25, 0.3) is 0 Å². The van der Waals surface area contributed by atoms with E-state index >= 15 is 0 Å². The fourth-order valence-corrected chi connectivity index (χ4v) is 5.55. The molecular weight excluding hydrogens is 438 g/mol. The van der Waals surface area contributed by atoms with Crippen LogP contribution >= 0.6 is 0 Å². The zero-order valence-electron chi connectivity index (χ0n) is 19.8. The summed E-state index contributed by atoms with van der Waals surface area (Å²) in [7, 11) is -1.46. The number of hydrogen-bond donors (Lipinski definition) is 0. The SMILES string of the molecule is CCc1cnc(N2CCC(C3CC3[C@H](COC)OCc3ccc(S(C)(=O)=O)cc3)CC2)nc1. The van der Waals surface area contributed by atoms with E-state index in [4.69, 9.17) is 9.47 Å². The van der Waals surface area contributed by atoms with E-state index in [-0.39, 0.29) is 6.10 Å². The molecule has 1 aliphatic heterocycles. The summed E-state index contributed by atoms with van der Waals surface area (Å²) >= 11 is 0. The van der Waals surface area contributed by atoms with Crippen molar-refractivity contribution in [1.82, 2.24) is 9.97 Å². The lowest BCUT2D eigenvalue weighted by molar-refractivity contribution is -0.0280. The zero-order valence-corrected chi connectivity index (χ0v) is 20.6. The highest BCUT2D eigenvalue weighted by molar-refractivity contribution is 7.90. The van der Waals surface area contributed by atoms with Gasteiger partial charge in [0.15, 0.2) is 9.84 Å². The van der Waals surface area contributed by atoms with E-state index < -0.39 is 9.84 Å². The van der Waals surface area contributed by atoms with Crippen molar-refractivity contribution in [3.63, 3.8) is 0 Å². The Balaban J connectivity index is 1.27. The Morgan fingerprint density at radius 3 is 2.33 bits per heavy atom. The van der Waals surface area contributed by atoms with Crippen molar-refractivity contribution in [3.05, 3.63) is 47.8 Å². The van der Waals surface area contributed by atoms with Crippen molar-refractivity contribution in [3.8, 4) is 0 Å². The van der Waals surface area contributed by atoms with E-state index in [9.17, 15) is 8.42 Å². The first kappa shape index (κ1) is 24.1. The van der Waals surface area contributed by atoms with Crippen molar-refractivity contribution in [1.29, 1.82) is 0 Å². The van der Waals surface area contributed by atoms with Crippen LogP contribution in [-0.2, 0) is 32.3 Å². The lowest BCUT2D eigenvalue weighted by Crippen LogP contribution is -2.36. The molecule has 2 fully saturated rings. The number of piperidine rings is 1. The van der Waals surface area contributed by atoms with Crippen LogP contribution in [0.2, 0.25) is 0 Å². The number of aromatic nitrogens is 2. The van der Waals surface area contributed by atoms with Gasteiger partial charge in [0.05, 0.1) is 24.2 Å². The Kier molecular flexibility index (Phi) is 7.66. The predicted molar refractivity (Wildman–Crippen MR) is 128 cm³/mol. The third-order valence-corrected chi connectivity index (χ3v) is 8.17. The van der Waals surface area contributed by atoms with Crippen molar-refractivity contribution in [2.45, 2.75) is 50.2 Å². The summed E-state index contributed by atoms with van der Waals surface area (Å²) < 4.78 is 35.0. The van der Waals surface area contributed by atoms with Gasteiger partial charge >= 0.3 is 0 Å². The second-order valence-corrected chi connectivity index (χ2v) is 11.4. The van der Waals surface area contributed by atoms with Gasteiger partial charge < -0.3 is 14.4 Å². The van der Waals surface area contributed by atoms with Gasteiger partial charge in [0.2, 0.25) is 5.95 Å². The van der Waals surface area contributed by atoms with Gasteiger partial charge in [-0.2, -0.15) is 0 Å². The highest BCUT2D eigenvalue weighted by Gasteiger charge is 2.48. The van der Waals surface area contributed by atoms with Crippen molar-refractivity contribution in [2.24, 2.45) is 17.8 Å².